The second-order valence-corrected chi connectivity index (χ2v) is 6.07. The first kappa shape index (κ1) is 17.3. The predicted molar refractivity (Wildman–Crippen MR) is 95.9 cm³/mol. The lowest BCUT2D eigenvalue weighted by molar-refractivity contribution is -0.384. The van der Waals surface area contributed by atoms with E-state index in [4.69, 9.17) is 23.8 Å². The molecule has 2 aromatic rings. The third kappa shape index (κ3) is 4.72. The number of amides is 1. The number of anilines is 1. The smallest absolute Gasteiger partial charge is 0.288 e. The Labute approximate surface area is 150 Å². The second kappa shape index (κ2) is 7.49. The Kier molecular flexibility index (Phi) is 5.64. The second-order valence-electron chi connectivity index (χ2n) is 4.34. The number of hydrogen-bond acceptors (Lipinski definition) is 4. The molecular formula is C14H9BrClN3O3S. The van der Waals surface area contributed by atoms with Crippen molar-refractivity contribution in [1.82, 2.24) is 5.32 Å². The summed E-state index contributed by atoms with van der Waals surface area (Å²) in [5.41, 5.74) is 0.438. The lowest BCUT2D eigenvalue weighted by atomic mass is 10.2. The van der Waals surface area contributed by atoms with E-state index in [0.29, 0.717) is 5.69 Å². The fourth-order valence-electron chi connectivity index (χ4n) is 1.66. The van der Waals surface area contributed by atoms with Crippen LogP contribution in [-0.4, -0.2) is 15.9 Å². The number of nitrogens with zero attached hydrogens (tertiary/aromatic N) is 1. The molecule has 0 unspecified atom stereocenters. The standard InChI is InChI=1S/C14H9BrClN3O3S/c15-9-2-4-10(5-3-9)17-14(23)18-13(20)8-1-6-11(16)12(7-8)19(21)22/h1-7H,(H2,17,18,20,23). The molecule has 9 heteroatoms. The van der Waals surface area contributed by atoms with Gasteiger partial charge in [-0.1, -0.05) is 27.5 Å². The van der Waals surface area contributed by atoms with E-state index in [1.807, 2.05) is 12.1 Å². The van der Waals surface area contributed by atoms with Crippen molar-refractivity contribution in [3.63, 3.8) is 0 Å². The van der Waals surface area contributed by atoms with Gasteiger partial charge in [0.25, 0.3) is 11.6 Å². The Balaban J connectivity index is 2.06. The molecule has 1 amide bonds. The van der Waals surface area contributed by atoms with Crippen LogP contribution in [0, 0.1) is 10.1 Å². The van der Waals surface area contributed by atoms with Crippen LogP contribution in [0.1, 0.15) is 10.4 Å². The van der Waals surface area contributed by atoms with Gasteiger partial charge in [-0.05, 0) is 48.6 Å². The number of benzene rings is 2. The van der Waals surface area contributed by atoms with E-state index < -0.39 is 10.8 Å². The maximum atomic E-state index is 12.1. The molecule has 0 saturated heterocycles. The molecule has 0 fully saturated rings. The van der Waals surface area contributed by atoms with E-state index in [-0.39, 0.29) is 21.4 Å². The molecule has 6 nitrogen and oxygen atoms in total. The highest BCUT2D eigenvalue weighted by Gasteiger charge is 2.16. The third-order valence-electron chi connectivity index (χ3n) is 2.73. The Morgan fingerprint density at radius 3 is 2.48 bits per heavy atom. The number of thiocarbonyl (C=S) groups is 1. The molecule has 0 heterocycles. The van der Waals surface area contributed by atoms with Crippen molar-refractivity contribution in [2.45, 2.75) is 0 Å². The Morgan fingerprint density at radius 1 is 1.22 bits per heavy atom. The largest absolute Gasteiger partial charge is 0.332 e. The van der Waals surface area contributed by atoms with Gasteiger partial charge in [0.1, 0.15) is 5.02 Å². The van der Waals surface area contributed by atoms with Crippen LogP contribution in [-0.2, 0) is 0 Å². The zero-order chi connectivity index (χ0) is 17.0. The summed E-state index contributed by atoms with van der Waals surface area (Å²) in [6.45, 7) is 0. The summed E-state index contributed by atoms with van der Waals surface area (Å²) in [5.74, 6) is -0.570. The summed E-state index contributed by atoms with van der Waals surface area (Å²) in [6.07, 6.45) is 0. The minimum Gasteiger partial charge on any atom is -0.332 e. The fourth-order valence-corrected chi connectivity index (χ4v) is 2.33. The summed E-state index contributed by atoms with van der Waals surface area (Å²) < 4.78 is 0.909. The topological polar surface area (TPSA) is 84.3 Å². The molecule has 0 aromatic heterocycles. The van der Waals surface area contributed by atoms with E-state index >= 15 is 0 Å². The maximum Gasteiger partial charge on any atom is 0.288 e. The molecule has 0 spiro atoms. The van der Waals surface area contributed by atoms with E-state index in [1.165, 1.54) is 12.1 Å². The first-order valence-corrected chi connectivity index (χ1v) is 7.76. The quantitative estimate of drug-likeness (QED) is 0.448. The van der Waals surface area contributed by atoms with Crippen molar-refractivity contribution in [1.29, 1.82) is 0 Å². The van der Waals surface area contributed by atoms with Gasteiger partial charge in [-0.25, -0.2) is 0 Å². The number of carbonyl (C=O) groups is 1. The molecular weight excluding hydrogens is 406 g/mol. The van der Waals surface area contributed by atoms with E-state index in [2.05, 4.69) is 26.6 Å². The average Bonchev–Trinajstić information content (AvgIpc) is 2.49. The number of hydrogen-bond donors (Lipinski definition) is 2. The van der Waals surface area contributed by atoms with Gasteiger partial charge in [0.2, 0.25) is 0 Å². The van der Waals surface area contributed by atoms with E-state index in [0.717, 1.165) is 10.5 Å². The number of nitrogens with one attached hydrogen (secondary N) is 2. The molecule has 2 rings (SSSR count). The van der Waals surface area contributed by atoms with E-state index in [9.17, 15) is 14.9 Å². The molecule has 2 aromatic carbocycles. The van der Waals surface area contributed by atoms with Crippen molar-refractivity contribution >= 4 is 62.1 Å². The van der Waals surface area contributed by atoms with Crippen molar-refractivity contribution < 1.29 is 9.72 Å². The number of halogens is 2. The zero-order valence-corrected chi connectivity index (χ0v) is 14.5. The normalized spacial score (nSPS) is 10.0. The summed E-state index contributed by atoms with van der Waals surface area (Å²) in [7, 11) is 0. The fraction of sp³-hybridized carbons (Fsp3) is 0. The lowest BCUT2D eigenvalue weighted by Crippen LogP contribution is -2.34. The van der Waals surface area contributed by atoms with Gasteiger partial charge in [-0.3, -0.25) is 20.2 Å². The summed E-state index contributed by atoms with van der Waals surface area (Å²) in [4.78, 5) is 22.3. The third-order valence-corrected chi connectivity index (χ3v) is 3.79. The molecule has 0 atom stereocenters. The Bertz CT molecular complexity index is 783. The van der Waals surface area contributed by atoms with Crippen molar-refractivity contribution in [2.24, 2.45) is 0 Å². The monoisotopic (exact) mass is 413 g/mol. The van der Waals surface area contributed by atoms with Gasteiger partial charge < -0.3 is 5.32 Å². The SMILES string of the molecule is O=C(NC(=S)Nc1ccc(Br)cc1)c1ccc(Cl)c([N+](=O)[O-])c1. The lowest BCUT2D eigenvalue weighted by Gasteiger charge is -2.09. The van der Waals surface area contributed by atoms with Gasteiger partial charge in [-0.15, -0.1) is 0 Å². The molecule has 2 N–H and O–H groups in total. The van der Waals surface area contributed by atoms with Gasteiger partial charge in [-0.2, -0.15) is 0 Å². The van der Waals surface area contributed by atoms with Crippen LogP contribution in [0.25, 0.3) is 0 Å². The first-order chi connectivity index (χ1) is 10.9. The number of carbonyl (C=O) groups excluding carboxylic acids is 1. The van der Waals surface area contributed by atoms with Gasteiger partial charge in [0, 0.05) is 21.8 Å². The van der Waals surface area contributed by atoms with Crippen molar-refractivity contribution in [2.75, 3.05) is 5.32 Å². The Hall–Kier alpha value is -2.03. The van der Waals surface area contributed by atoms with Crippen molar-refractivity contribution in [3.8, 4) is 0 Å². The van der Waals surface area contributed by atoms with Gasteiger partial charge in [0.15, 0.2) is 5.11 Å². The van der Waals surface area contributed by atoms with Crippen LogP contribution in [0.2, 0.25) is 5.02 Å². The highest BCUT2D eigenvalue weighted by atomic mass is 79.9. The van der Waals surface area contributed by atoms with Crippen LogP contribution in [0.3, 0.4) is 0 Å². The van der Waals surface area contributed by atoms with Crippen LogP contribution in [0.5, 0.6) is 0 Å². The van der Waals surface area contributed by atoms with Gasteiger partial charge in [0.05, 0.1) is 4.92 Å². The Morgan fingerprint density at radius 2 is 1.87 bits per heavy atom. The number of rotatable bonds is 3. The summed E-state index contributed by atoms with van der Waals surface area (Å²) >= 11 is 14.1. The molecule has 118 valence electrons. The minimum absolute atomic E-state index is 0.0397. The summed E-state index contributed by atoms with van der Waals surface area (Å²) in [6, 6.07) is 10.9. The van der Waals surface area contributed by atoms with E-state index in [1.54, 1.807) is 12.1 Å². The average molecular weight is 415 g/mol. The summed E-state index contributed by atoms with van der Waals surface area (Å²) in [5, 5.41) is 16.2. The van der Waals surface area contributed by atoms with Gasteiger partial charge >= 0.3 is 0 Å². The molecule has 0 aliphatic rings. The molecule has 23 heavy (non-hydrogen) atoms. The molecule has 0 aliphatic heterocycles. The molecule has 0 saturated carbocycles. The molecule has 0 radical (unpaired) electrons. The maximum absolute atomic E-state index is 12.1. The number of nitro groups is 1. The highest BCUT2D eigenvalue weighted by molar-refractivity contribution is 9.10. The predicted octanol–water partition coefficient (Wildman–Crippen LogP) is 4.14. The van der Waals surface area contributed by atoms with Crippen LogP contribution in [0.4, 0.5) is 11.4 Å². The highest BCUT2D eigenvalue weighted by Crippen LogP contribution is 2.25. The first-order valence-electron chi connectivity index (χ1n) is 6.18. The minimum atomic E-state index is -0.655. The van der Waals surface area contributed by atoms with Crippen molar-refractivity contribution in [3.05, 3.63) is 67.6 Å². The zero-order valence-electron chi connectivity index (χ0n) is 11.4. The van der Waals surface area contributed by atoms with Crippen LogP contribution >= 0.6 is 39.7 Å². The van der Waals surface area contributed by atoms with Crippen LogP contribution in [0.15, 0.2) is 46.9 Å². The molecule has 0 bridgehead atoms. The molecule has 0 aliphatic carbocycles. The number of nitro benzene ring substituents is 1. The van der Waals surface area contributed by atoms with Crippen LogP contribution < -0.4 is 10.6 Å².